The van der Waals surface area contributed by atoms with Crippen LogP contribution >= 0.6 is 0 Å². The molecule has 0 radical (unpaired) electrons. The molecule has 0 bridgehead atoms. The summed E-state index contributed by atoms with van der Waals surface area (Å²) >= 11 is 0. The SMILES string of the molecule is COc1cc(C=CCN2CCN(c3ccccc3F)CC2)ccc1OC(C)=O. The summed E-state index contributed by atoms with van der Waals surface area (Å²) in [6.07, 6.45) is 4.11. The van der Waals surface area contributed by atoms with E-state index in [0.717, 1.165) is 38.3 Å². The van der Waals surface area contributed by atoms with Gasteiger partial charge in [0.1, 0.15) is 5.82 Å². The van der Waals surface area contributed by atoms with Gasteiger partial charge in [-0.2, -0.15) is 0 Å². The van der Waals surface area contributed by atoms with Crippen molar-refractivity contribution in [3.05, 3.63) is 59.9 Å². The molecule has 1 fully saturated rings. The largest absolute Gasteiger partial charge is 0.493 e. The van der Waals surface area contributed by atoms with Crippen molar-refractivity contribution in [3.63, 3.8) is 0 Å². The fourth-order valence-electron chi connectivity index (χ4n) is 3.24. The Morgan fingerprint density at radius 2 is 1.86 bits per heavy atom. The molecule has 0 unspecified atom stereocenters. The maximum absolute atomic E-state index is 13.9. The number of para-hydroxylation sites is 1. The maximum atomic E-state index is 13.9. The Balaban J connectivity index is 1.53. The summed E-state index contributed by atoms with van der Waals surface area (Å²) in [6.45, 7) is 5.55. The molecular formula is C22H25FN2O3. The van der Waals surface area contributed by atoms with Crippen molar-refractivity contribution in [3.8, 4) is 11.5 Å². The summed E-state index contributed by atoms with van der Waals surface area (Å²) < 4.78 is 24.3. The first-order chi connectivity index (χ1) is 13.6. The van der Waals surface area contributed by atoms with Crippen LogP contribution in [0.2, 0.25) is 0 Å². The van der Waals surface area contributed by atoms with Gasteiger partial charge in [0.05, 0.1) is 12.8 Å². The van der Waals surface area contributed by atoms with Gasteiger partial charge in [-0.3, -0.25) is 9.69 Å². The van der Waals surface area contributed by atoms with E-state index in [1.54, 1.807) is 19.2 Å². The van der Waals surface area contributed by atoms with Gasteiger partial charge in [0, 0.05) is 39.6 Å². The lowest BCUT2D eigenvalue weighted by molar-refractivity contribution is -0.132. The van der Waals surface area contributed by atoms with Gasteiger partial charge < -0.3 is 14.4 Å². The number of halogens is 1. The fraction of sp³-hybridized carbons (Fsp3) is 0.318. The van der Waals surface area contributed by atoms with Crippen LogP contribution in [-0.4, -0.2) is 50.7 Å². The lowest BCUT2D eigenvalue weighted by Gasteiger charge is -2.35. The molecule has 1 heterocycles. The van der Waals surface area contributed by atoms with E-state index in [-0.39, 0.29) is 11.8 Å². The predicted molar refractivity (Wildman–Crippen MR) is 108 cm³/mol. The second-order valence-electron chi connectivity index (χ2n) is 6.65. The van der Waals surface area contributed by atoms with Crippen molar-refractivity contribution < 1.29 is 18.7 Å². The number of anilines is 1. The van der Waals surface area contributed by atoms with Crippen molar-refractivity contribution in [2.75, 3.05) is 44.7 Å². The third kappa shape index (κ3) is 5.10. The number of methoxy groups -OCH3 is 1. The number of ether oxygens (including phenoxy) is 2. The minimum absolute atomic E-state index is 0.165. The summed E-state index contributed by atoms with van der Waals surface area (Å²) in [7, 11) is 1.55. The molecule has 0 atom stereocenters. The first-order valence-electron chi connectivity index (χ1n) is 9.31. The van der Waals surface area contributed by atoms with Gasteiger partial charge in [0.15, 0.2) is 11.5 Å². The molecule has 3 rings (SSSR count). The summed E-state index contributed by atoms with van der Waals surface area (Å²) in [4.78, 5) is 15.5. The molecule has 0 aliphatic carbocycles. The summed E-state index contributed by atoms with van der Waals surface area (Å²) in [5.41, 5.74) is 1.65. The van der Waals surface area contributed by atoms with Crippen LogP contribution in [0.3, 0.4) is 0 Å². The smallest absolute Gasteiger partial charge is 0.308 e. The maximum Gasteiger partial charge on any atom is 0.308 e. The van der Waals surface area contributed by atoms with E-state index in [9.17, 15) is 9.18 Å². The predicted octanol–water partition coefficient (Wildman–Crippen LogP) is 3.60. The summed E-state index contributed by atoms with van der Waals surface area (Å²) in [6, 6.07) is 12.4. The molecule has 2 aromatic carbocycles. The monoisotopic (exact) mass is 384 g/mol. The van der Waals surface area contributed by atoms with Gasteiger partial charge in [0.2, 0.25) is 0 Å². The van der Waals surface area contributed by atoms with E-state index in [0.29, 0.717) is 17.2 Å². The molecule has 0 N–H and O–H groups in total. The van der Waals surface area contributed by atoms with Crippen molar-refractivity contribution >= 4 is 17.7 Å². The molecule has 5 nitrogen and oxygen atoms in total. The Morgan fingerprint density at radius 1 is 1.11 bits per heavy atom. The zero-order chi connectivity index (χ0) is 19.9. The van der Waals surface area contributed by atoms with Crippen LogP contribution in [-0.2, 0) is 4.79 Å². The van der Waals surface area contributed by atoms with E-state index in [1.807, 2.05) is 30.3 Å². The third-order valence-corrected chi connectivity index (χ3v) is 4.68. The third-order valence-electron chi connectivity index (χ3n) is 4.68. The highest BCUT2D eigenvalue weighted by Gasteiger charge is 2.18. The van der Waals surface area contributed by atoms with Crippen molar-refractivity contribution in [1.29, 1.82) is 0 Å². The molecule has 0 amide bonds. The topological polar surface area (TPSA) is 42.0 Å². The first-order valence-corrected chi connectivity index (χ1v) is 9.31. The number of rotatable bonds is 6. The molecule has 28 heavy (non-hydrogen) atoms. The van der Waals surface area contributed by atoms with Crippen LogP contribution in [0.15, 0.2) is 48.5 Å². The molecule has 0 saturated carbocycles. The Labute approximate surface area is 165 Å². The van der Waals surface area contributed by atoms with Gasteiger partial charge >= 0.3 is 5.97 Å². The molecule has 1 saturated heterocycles. The van der Waals surface area contributed by atoms with Gasteiger partial charge in [-0.25, -0.2) is 4.39 Å². The minimum Gasteiger partial charge on any atom is -0.493 e. The first kappa shape index (κ1) is 19.9. The highest BCUT2D eigenvalue weighted by Crippen LogP contribution is 2.28. The van der Waals surface area contributed by atoms with Crippen LogP contribution in [0.1, 0.15) is 12.5 Å². The van der Waals surface area contributed by atoms with Gasteiger partial charge in [-0.1, -0.05) is 30.4 Å². The molecule has 148 valence electrons. The molecule has 0 spiro atoms. The molecule has 2 aromatic rings. The van der Waals surface area contributed by atoms with Crippen LogP contribution in [0.5, 0.6) is 11.5 Å². The van der Waals surface area contributed by atoms with Crippen molar-refractivity contribution in [2.45, 2.75) is 6.92 Å². The van der Waals surface area contributed by atoms with E-state index in [4.69, 9.17) is 9.47 Å². The van der Waals surface area contributed by atoms with Gasteiger partial charge in [-0.15, -0.1) is 0 Å². The molecule has 0 aromatic heterocycles. The molecular weight excluding hydrogens is 359 g/mol. The van der Waals surface area contributed by atoms with Gasteiger partial charge in [-0.05, 0) is 29.8 Å². The zero-order valence-electron chi connectivity index (χ0n) is 16.2. The van der Waals surface area contributed by atoms with Crippen LogP contribution in [0, 0.1) is 5.82 Å². The number of carbonyl (C=O) groups is 1. The number of carbonyl (C=O) groups excluding carboxylic acids is 1. The Bertz CT molecular complexity index is 845. The van der Waals surface area contributed by atoms with E-state index in [2.05, 4.69) is 15.9 Å². The lowest BCUT2D eigenvalue weighted by atomic mass is 10.2. The Hall–Kier alpha value is -2.86. The van der Waals surface area contributed by atoms with Crippen LogP contribution in [0.25, 0.3) is 6.08 Å². The molecule has 1 aliphatic rings. The van der Waals surface area contributed by atoms with E-state index >= 15 is 0 Å². The normalized spacial score (nSPS) is 15.0. The van der Waals surface area contributed by atoms with E-state index in [1.165, 1.54) is 13.0 Å². The number of benzene rings is 2. The van der Waals surface area contributed by atoms with Crippen molar-refractivity contribution in [1.82, 2.24) is 4.90 Å². The summed E-state index contributed by atoms with van der Waals surface area (Å²) in [5.74, 6) is 0.394. The lowest BCUT2D eigenvalue weighted by Crippen LogP contribution is -2.46. The highest BCUT2D eigenvalue weighted by molar-refractivity contribution is 5.71. The number of esters is 1. The average molecular weight is 384 g/mol. The fourth-order valence-corrected chi connectivity index (χ4v) is 3.24. The van der Waals surface area contributed by atoms with Crippen LogP contribution < -0.4 is 14.4 Å². The number of hydrogen-bond acceptors (Lipinski definition) is 5. The van der Waals surface area contributed by atoms with Gasteiger partial charge in [0.25, 0.3) is 0 Å². The molecule has 1 aliphatic heterocycles. The van der Waals surface area contributed by atoms with Crippen molar-refractivity contribution in [2.24, 2.45) is 0 Å². The standard InChI is InChI=1S/C22H25FN2O3/c1-17(26)28-21-10-9-18(16-22(21)27-2)6-5-11-24-12-14-25(15-13-24)20-8-4-3-7-19(20)23/h3-10,16H,11-15H2,1-2H3. The Morgan fingerprint density at radius 3 is 2.54 bits per heavy atom. The number of nitrogens with zero attached hydrogens (tertiary/aromatic N) is 2. The Kier molecular flexibility index (Phi) is 6.66. The second-order valence-corrected chi connectivity index (χ2v) is 6.65. The molecule has 6 heteroatoms. The zero-order valence-corrected chi connectivity index (χ0v) is 16.2. The second kappa shape index (κ2) is 9.37. The van der Waals surface area contributed by atoms with Crippen LogP contribution in [0.4, 0.5) is 10.1 Å². The number of hydrogen-bond donors (Lipinski definition) is 0. The number of piperazine rings is 1. The summed E-state index contributed by atoms with van der Waals surface area (Å²) in [5, 5.41) is 0. The highest BCUT2D eigenvalue weighted by atomic mass is 19.1. The minimum atomic E-state index is -0.379. The average Bonchev–Trinajstić information content (AvgIpc) is 2.69. The van der Waals surface area contributed by atoms with E-state index < -0.39 is 0 Å². The quantitative estimate of drug-likeness (QED) is 0.562.